The predicted molar refractivity (Wildman–Crippen MR) is 66.0 cm³/mol. The van der Waals surface area contributed by atoms with Gasteiger partial charge in [-0.2, -0.15) is 4.99 Å². The molecule has 0 spiro atoms. The van der Waals surface area contributed by atoms with Crippen LogP contribution in [0, 0.1) is 0 Å². The van der Waals surface area contributed by atoms with Crippen molar-refractivity contribution in [1.29, 1.82) is 0 Å². The van der Waals surface area contributed by atoms with E-state index in [0.717, 1.165) is 21.9 Å². The van der Waals surface area contributed by atoms with Gasteiger partial charge in [-0.25, -0.2) is 4.79 Å². The van der Waals surface area contributed by atoms with E-state index in [2.05, 4.69) is 9.98 Å². The summed E-state index contributed by atoms with van der Waals surface area (Å²) in [5.41, 5.74) is 3.52. The lowest BCUT2D eigenvalue weighted by molar-refractivity contribution is 0.565. The summed E-state index contributed by atoms with van der Waals surface area (Å²) in [5, 5.41) is 1.10. The normalized spacial score (nSPS) is 10.6. The molecule has 0 radical (unpaired) electrons. The molecule has 17 heavy (non-hydrogen) atoms. The molecule has 2 heterocycles. The second kappa shape index (κ2) is 3.54. The van der Waals surface area contributed by atoms with Gasteiger partial charge < -0.3 is 4.57 Å². The first kappa shape index (κ1) is 9.75. The Balaban J connectivity index is 2.48. The minimum absolute atomic E-state index is 0.526. The second-order valence-corrected chi connectivity index (χ2v) is 3.84. The molecule has 1 aromatic carbocycles. The Labute approximate surface area is 97.2 Å². The number of pyridine rings is 1. The summed E-state index contributed by atoms with van der Waals surface area (Å²) in [6, 6.07) is 9.90. The number of hydrogen-bond donors (Lipinski definition) is 0. The Kier molecular flexibility index (Phi) is 2.03. The molecule has 0 atom stereocenters. The first-order chi connectivity index (χ1) is 8.31. The van der Waals surface area contributed by atoms with Crippen molar-refractivity contribution in [3.8, 4) is 0 Å². The molecule has 4 heteroatoms. The summed E-state index contributed by atoms with van der Waals surface area (Å²) in [6.45, 7) is 0. The van der Waals surface area contributed by atoms with Crippen molar-refractivity contribution >= 4 is 33.7 Å². The van der Waals surface area contributed by atoms with Crippen LogP contribution in [0.3, 0.4) is 0 Å². The molecule has 0 bridgehead atoms. The number of aliphatic imine (C=N–C) groups is 1. The largest absolute Gasteiger partial charge is 0.342 e. The fraction of sp³-hybridized carbons (Fsp3) is 0.0769. The van der Waals surface area contributed by atoms with Crippen LogP contribution in [0.15, 0.2) is 41.5 Å². The molecule has 0 saturated heterocycles. The van der Waals surface area contributed by atoms with Gasteiger partial charge in [-0.1, -0.05) is 18.2 Å². The highest BCUT2D eigenvalue weighted by Crippen LogP contribution is 2.28. The highest BCUT2D eigenvalue weighted by atomic mass is 16.1. The molecular formula is C13H9N3O. The molecule has 0 saturated carbocycles. The smallest absolute Gasteiger partial charge is 0.240 e. The summed E-state index contributed by atoms with van der Waals surface area (Å²) in [5.74, 6) is 0. The van der Waals surface area contributed by atoms with Gasteiger partial charge in [0.15, 0.2) is 0 Å². The van der Waals surface area contributed by atoms with E-state index in [9.17, 15) is 4.79 Å². The fourth-order valence-corrected chi connectivity index (χ4v) is 2.12. The highest BCUT2D eigenvalue weighted by molar-refractivity contribution is 6.06. The first-order valence-corrected chi connectivity index (χ1v) is 5.22. The third-order valence-corrected chi connectivity index (χ3v) is 2.91. The third-order valence-electron chi connectivity index (χ3n) is 2.91. The molecule has 4 nitrogen and oxygen atoms in total. The van der Waals surface area contributed by atoms with Crippen molar-refractivity contribution < 1.29 is 4.79 Å². The van der Waals surface area contributed by atoms with E-state index in [4.69, 9.17) is 0 Å². The van der Waals surface area contributed by atoms with Gasteiger partial charge in [-0.15, -0.1) is 0 Å². The number of aromatic nitrogens is 2. The number of hydrogen-bond acceptors (Lipinski definition) is 3. The number of nitrogens with zero attached hydrogens (tertiary/aromatic N) is 3. The zero-order valence-electron chi connectivity index (χ0n) is 9.21. The Morgan fingerprint density at radius 1 is 1.29 bits per heavy atom. The van der Waals surface area contributed by atoms with Gasteiger partial charge in [0.1, 0.15) is 0 Å². The zero-order valence-corrected chi connectivity index (χ0v) is 9.21. The molecule has 3 aromatic rings. The minimum Gasteiger partial charge on any atom is -0.342 e. The van der Waals surface area contributed by atoms with Crippen LogP contribution in [-0.4, -0.2) is 15.6 Å². The molecule has 0 aliphatic heterocycles. The van der Waals surface area contributed by atoms with E-state index in [1.54, 1.807) is 6.20 Å². The Morgan fingerprint density at radius 3 is 2.94 bits per heavy atom. The molecule has 3 rings (SSSR count). The third kappa shape index (κ3) is 1.35. The molecule has 0 aliphatic rings. The number of benzene rings is 1. The number of isocyanates is 1. The van der Waals surface area contributed by atoms with Crippen molar-refractivity contribution in [3.63, 3.8) is 0 Å². The van der Waals surface area contributed by atoms with Gasteiger partial charge in [-0.05, 0) is 12.1 Å². The lowest BCUT2D eigenvalue weighted by Crippen LogP contribution is -1.86. The molecule has 0 unspecified atom stereocenters. The number of rotatable bonds is 1. The van der Waals surface area contributed by atoms with Crippen LogP contribution in [0.25, 0.3) is 21.9 Å². The average Bonchev–Trinajstić information content (AvgIpc) is 2.65. The van der Waals surface area contributed by atoms with Gasteiger partial charge in [0.25, 0.3) is 0 Å². The Morgan fingerprint density at radius 2 is 2.12 bits per heavy atom. The lowest BCUT2D eigenvalue weighted by Gasteiger charge is -1.96. The van der Waals surface area contributed by atoms with E-state index in [1.807, 2.05) is 41.9 Å². The Bertz CT molecular complexity index is 767. The number of fused-ring (bicyclic) bond motifs is 3. The molecule has 0 aliphatic carbocycles. The highest BCUT2D eigenvalue weighted by Gasteiger charge is 2.08. The van der Waals surface area contributed by atoms with E-state index >= 15 is 0 Å². The van der Waals surface area contributed by atoms with Crippen LogP contribution in [-0.2, 0) is 11.8 Å². The average molecular weight is 223 g/mol. The molecule has 0 N–H and O–H groups in total. The molecule has 0 fully saturated rings. The topological polar surface area (TPSA) is 47.2 Å². The quantitative estimate of drug-likeness (QED) is 0.470. The zero-order chi connectivity index (χ0) is 11.8. The van der Waals surface area contributed by atoms with Crippen LogP contribution in [0.1, 0.15) is 0 Å². The second-order valence-electron chi connectivity index (χ2n) is 3.84. The van der Waals surface area contributed by atoms with Crippen molar-refractivity contribution in [2.24, 2.45) is 12.0 Å². The lowest BCUT2D eigenvalue weighted by atomic mass is 10.2. The summed E-state index contributed by atoms with van der Waals surface area (Å²) < 4.78 is 2.04. The summed E-state index contributed by atoms with van der Waals surface area (Å²) in [7, 11) is 1.97. The summed E-state index contributed by atoms with van der Waals surface area (Å²) in [4.78, 5) is 18.2. The predicted octanol–water partition coefficient (Wildman–Crippen LogP) is 2.69. The van der Waals surface area contributed by atoms with E-state index in [-0.39, 0.29) is 0 Å². The van der Waals surface area contributed by atoms with Gasteiger partial charge in [-0.3, -0.25) is 4.98 Å². The maximum Gasteiger partial charge on any atom is 0.240 e. The first-order valence-electron chi connectivity index (χ1n) is 5.22. The van der Waals surface area contributed by atoms with Crippen molar-refractivity contribution in [2.45, 2.75) is 0 Å². The van der Waals surface area contributed by atoms with Gasteiger partial charge >= 0.3 is 0 Å². The van der Waals surface area contributed by atoms with Crippen LogP contribution in [0.2, 0.25) is 0 Å². The number of carbonyl (C=O) groups excluding carboxylic acids is 1. The van der Waals surface area contributed by atoms with Gasteiger partial charge in [0.2, 0.25) is 6.08 Å². The van der Waals surface area contributed by atoms with E-state index < -0.39 is 0 Å². The number of aryl methyl sites for hydroxylation is 1. The van der Waals surface area contributed by atoms with E-state index in [0.29, 0.717) is 5.69 Å². The maximum absolute atomic E-state index is 10.2. The fourth-order valence-electron chi connectivity index (χ4n) is 2.12. The SMILES string of the molecule is Cn1c2ccccc2c2ncc(N=C=O)cc21. The van der Waals surface area contributed by atoms with Crippen LogP contribution in [0.4, 0.5) is 5.69 Å². The molecule has 0 amide bonds. The molecule has 82 valence electrons. The standard InChI is InChI=1S/C13H9N3O/c1-16-11-5-3-2-4-10(11)13-12(16)6-9(7-14-13)15-8-17/h2-7H,1H3. The van der Waals surface area contributed by atoms with E-state index in [1.165, 1.54) is 6.08 Å². The molecular weight excluding hydrogens is 214 g/mol. The summed E-state index contributed by atoms with van der Waals surface area (Å²) in [6.07, 6.45) is 3.11. The van der Waals surface area contributed by atoms with Crippen molar-refractivity contribution in [1.82, 2.24) is 9.55 Å². The summed E-state index contributed by atoms with van der Waals surface area (Å²) >= 11 is 0. The van der Waals surface area contributed by atoms with Gasteiger partial charge in [0, 0.05) is 12.4 Å². The number of para-hydroxylation sites is 1. The van der Waals surface area contributed by atoms with Crippen LogP contribution in [0.5, 0.6) is 0 Å². The monoisotopic (exact) mass is 223 g/mol. The van der Waals surface area contributed by atoms with Crippen molar-refractivity contribution in [2.75, 3.05) is 0 Å². The minimum atomic E-state index is 0.526. The Hall–Kier alpha value is -2.45. The molecule has 2 aromatic heterocycles. The van der Waals surface area contributed by atoms with Crippen LogP contribution >= 0.6 is 0 Å². The van der Waals surface area contributed by atoms with Crippen LogP contribution < -0.4 is 0 Å². The maximum atomic E-state index is 10.2. The van der Waals surface area contributed by atoms with Crippen molar-refractivity contribution in [3.05, 3.63) is 36.5 Å². The van der Waals surface area contributed by atoms with Gasteiger partial charge in [0.05, 0.1) is 28.4 Å².